The third kappa shape index (κ3) is 1.93. The van der Waals surface area contributed by atoms with E-state index < -0.39 is 6.23 Å². The topological polar surface area (TPSA) is 70.1 Å². The lowest BCUT2D eigenvalue weighted by Gasteiger charge is -2.62. The summed E-state index contributed by atoms with van der Waals surface area (Å²) < 4.78 is 6.19. The van der Waals surface area contributed by atoms with E-state index in [0.717, 1.165) is 36.1 Å². The minimum Gasteiger partial charge on any atom is -0.461 e. The number of anilines is 1. The van der Waals surface area contributed by atoms with E-state index in [1.807, 2.05) is 6.07 Å². The standard InChI is InChI=1S/C24H30N2O4/c1-5-14-15-9-18-21-24(16-8-13(11(2)27)6-7-17(16)25(21)4)10-19(26(18)23(14)29)20(15)22(24)30-12(3)28/h6-8,14-15,18-23,29H,5,9-10H2,1-4H3/t14-,15-,18-,19-,20-,21+,22+,23+,24+/m0/s1. The summed E-state index contributed by atoms with van der Waals surface area (Å²) in [6.45, 7) is 5.27. The highest BCUT2D eigenvalue weighted by molar-refractivity contribution is 5.95. The van der Waals surface area contributed by atoms with Gasteiger partial charge in [-0.25, -0.2) is 0 Å². The lowest BCUT2D eigenvalue weighted by atomic mass is 9.62. The first-order valence-electron chi connectivity index (χ1n) is 11.3. The number of benzene rings is 1. The minimum atomic E-state index is -0.418. The largest absolute Gasteiger partial charge is 0.461 e. The van der Waals surface area contributed by atoms with Gasteiger partial charge in [-0.2, -0.15) is 0 Å². The van der Waals surface area contributed by atoms with E-state index in [9.17, 15) is 14.7 Å². The van der Waals surface area contributed by atoms with E-state index in [-0.39, 0.29) is 53.2 Å². The zero-order chi connectivity index (χ0) is 21.1. The zero-order valence-electron chi connectivity index (χ0n) is 18.0. The van der Waals surface area contributed by atoms with E-state index in [2.05, 4.69) is 35.9 Å². The number of carbonyl (C=O) groups excluding carboxylic acids is 2. The smallest absolute Gasteiger partial charge is 0.302 e. The molecule has 1 saturated carbocycles. The molecule has 1 spiro atoms. The molecule has 10 atom stereocenters. The van der Waals surface area contributed by atoms with Crippen molar-refractivity contribution in [1.29, 1.82) is 0 Å². The Balaban J connectivity index is 1.59. The van der Waals surface area contributed by atoms with Crippen molar-refractivity contribution < 1.29 is 19.4 Å². The Bertz CT molecular complexity index is 963. The van der Waals surface area contributed by atoms with E-state index in [0.29, 0.717) is 5.92 Å². The summed E-state index contributed by atoms with van der Waals surface area (Å²) in [7, 11) is 2.13. The van der Waals surface area contributed by atoms with Crippen molar-refractivity contribution in [2.75, 3.05) is 11.9 Å². The van der Waals surface area contributed by atoms with Gasteiger partial charge in [0.15, 0.2) is 5.78 Å². The van der Waals surface area contributed by atoms with Crippen LogP contribution in [0.3, 0.4) is 0 Å². The normalized spacial score (nSPS) is 46.7. The SMILES string of the molecule is CC[C@H]1[C@@H]2C[C@H]3[C@H]4N(C)c5ccc(C(C)=O)cc5[C@]45C[C@@H]([C@H]2[C@H]5OC(C)=O)N3[C@@H]1O. The first-order chi connectivity index (χ1) is 14.3. The molecular formula is C24H30N2O4. The summed E-state index contributed by atoms with van der Waals surface area (Å²) in [5, 5.41) is 11.3. The molecule has 160 valence electrons. The van der Waals surface area contributed by atoms with E-state index in [4.69, 9.17) is 4.74 Å². The maximum Gasteiger partial charge on any atom is 0.302 e. The predicted octanol–water partition coefficient (Wildman–Crippen LogP) is 2.33. The quantitative estimate of drug-likeness (QED) is 0.609. The van der Waals surface area contributed by atoms with Gasteiger partial charge in [0.05, 0.1) is 11.5 Å². The number of hydrogen-bond donors (Lipinski definition) is 1. The molecule has 6 aliphatic rings. The number of esters is 1. The second-order valence-electron chi connectivity index (χ2n) is 10.2. The number of ketones is 1. The van der Waals surface area contributed by atoms with Crippen LogP contribution in [-0.2, 0) is 14.9 Å². The van der Waals surface area contributed by atoms with Gasteiger partial charge in [0.2, 0.25) is 0 Å². The lowest BCUT2D eigenvalue weighted by molar-refractivity contribution is -0.212. The number of Topliss-reactive ketones (excluding diaryl/α,β-unsaturated/α-hetero) is 1. The zero-order valence-corrected chi connectivity index (χ0v) is 18.0. The Labute approximate surface area is 177 Å². The number of aliphatic hydroxyl groups is 1. The number of carbonyl (C=O) groups is 2. The molecule has 7 rings (SSSR count). The van der Waals surface area contributed by atoms with Gasteiger partial charge in [-0.15, -0.1) is 0 Å². The molecular weight excluding hydrogens is 380 g/mol. The fraction of sp³-hybridized carbons (Fsp3) is 0.667. The molecule has 0 radical (unpaired) electrons. The Morgan fingerprint density at radius 2 is 2.03 bits per heavy atom. The maximum atomic E-state index is 12.3. The Morgan fingerprint density at radius 3 is 2.70 bits per heavy atom. The molecule has 5 fully saturated rings. The number of aliphatic hydroxyl groups excluding tert-OH is 1. The highest BCUT2D eigenvalue weighted by atomic mass is 16.5. The third-order valence-electron chi connectivity index (χ3n) is 9.22. The molecule has 6 heteroatoms. The van der Waals surface area contributed by atoms with Gasteiger partial charge in [0.25, 0.3) is 0 Å². The van der Waals surface area contributed by atoms with Crippen LogP contribution in [0, 0.1) is 17.8 Å². The Hall–Kier alpha value is -1.92. The third-order valence-corrected chi connectivity index (χ3v) is 9.22. The van der Waals surface area contributed by atoms with Gasteiger partial charge in [-0.05, 0) is 55.9 Å². The molecule has 30 heavy (non-hydrogen) atoms. The van der Waals surface area contributed by atoms with Crippen molar-refractivity contribution >= 4 is 17.4 Å². The fourth-order valence-electron chi connectivity index (χ4n) is 8.47. The average molecular weight is 411 g/mol. The summed E-state index contributed by atoms with van der Waals surface area (Å²) in [5.41, 5.74) is 2.70. The highest BCUT2D eigenvalue weighted by Crippen LogP contribution is 2.69. The Kier molecular flexibility index (Phi) is 3.67. The van der Waals surface area contributed by atoms with Crippen molar-refractivity contribution in [1.82, 2.24) is 4.90 Å². The van der Waals surface area contributed by atoms with E-state index >= 15 is 0 Å². The van der Waals surface area contributed by atoms with Crippen LogP contribution in [0.5, 0.6) is 0 Å². The number of hydrogen-bond acceptors (Lipinski definition) is 6. The van der Waals surface area contributed by atoms with Gasteiger partial charge in [-0.3, -0.25) is 14.5 Å². The van der Waals surface area contributed by atoms with Gasteiger partial charge in [0, 0.05) is 49.1 Å². The number of piperidine rings is 4. The summed E-state index contributed by atoms with van der Waals surface area (Å²) in [6, 6.07) is 6.63. The molecule has 1 N–H and O–H groups in total. The monoisotopic (exact) mass is 410 g/mol. The van der Waals surface area contributed by atoms with Crippen LogP contribution in [0.4, 0.5) is 5.69 Å². The molecule has 6 nitrogen and oxygen atoms in total. The minimum absolute atomic E-state index is 0.0583. The molecule has 0 amide bonds. The van der Waals surface area contributed by atoms with Crippen molar-refractivity contribution in [3.63, 3.8) is 0 Å². The van der Waals surface area contributed by atoms with E-state index in [1.54, 1.807) is 6.92 Å². The van der Waals surface area contributed by atoms with Crippen LogP contribution in [0.25, 0.3) is 0 Å². The van der Waals surface area contributed by atoms with Crippen LogP contribution in [0.1, 0.15) is 56.0 Å². The highest BCUT2D eigenvalue weighted by Gasteiger charge is 2.77. The molecule has 1 aromatic carbocycles. The van der Waals surface area contributed by atoms with Crippen LogP contribution >= 0.6 is 0 Å². The summed E-state index contributed by atoms with van der Waals surface area (Å²) >= 11 is 0. The van der Waals surface area contributed by atoms with Crippen molar-refractivity contribution in [3.05, 3.63) is 29.3 Å². The maximum absolute atomic E-state index is 12.3. The van der Waals surface area contributed by atoms with Gasteiger partial charge >= 0.3 is 5.97 Å². The van der Waals surface area contributed by atoms with Crippen LogP contribution in [0.2, 0.25) is 0 Å². The van der Waals surface area contributed by atoms with Gasteiger partial charge in [0.1, 0.15) is 12.3 Å². The van der Waals surface area contributed by atoms with Crippen molar-refractivity contribution in [2.45, 2.75) is 75.9 Å². The molecule has 5 aliphatic heterocycles. The van der Waals surface area contributed by atoms with E-state index in [1.165, 1.54) is 6.92 Å². The summed E-state index contributed by atoms with van der Waals surface area (Å²) in [6.07, 6.45) is 2.22. The van der Waals surface area contributed by atoms with Gasteiger partial charge in [-0.1, -0.05) is 6.92 Å². The summed E-state index contributed by atoms with van der Waals surface area (Å²) in [5.74, 6) is 0.657. The van der Waals surface area contributed by atoms with Gasteiger partial charge < -0.3 is 14.7 Å². The van der Waals surface area contributed by atoms with Crippen LogP contribution in [-0.4, -0.2) is 59.3 Å². The number of rotatable bonds is 3. The van der Waals surface area contributed by atoms with Crippen molar-refractivity contribution in [3.8, 4) is 0 Å². The number of ether oxygens (including phenoxy) is 1. The Morgan fingerprint density at radius 1 is 1.27 bits per heavy atom. The molecule has 1 aromatic rings. The number of fused-ring (bicyclic) bond motifs is 2. The second-order valence-corrected chi connectivity index (χ2v) is 10.2. The molecule has 1 unspecified atom stereocenters. The summed E-state index contributed by atoms with van der Waals surface area (Å²) in [4.78, 5) is 29.2. The first kappa shape index (κ1) is 18.8. The molecule has 4 saturated heterocycles. The van der Waals surface area contributed by atoms with Crippen LogP contribution in [0.15, 0.2) is 18.2 Å². The predicted molar refractivity (Wildman–Crippen MR) is 111 cm³/mol. The molecule has 5 heterocycles. The first-order valence-corrected chi connectivity index (χ1v) is 11.3. The van der Waals surface area contributed by atoms with Crippen LogP contribution < -0.4 is 4.90 Å². The fourth-order valence-corrected chi connectivity index (χ4v) is 8.47. The van der Waals surface area contributed by atoms with Crippen molar-refractivity contribution in [2.24, 2.45) is 17.8 Å². The average Bonchev–Trinajstić information content (AvgIpc) is 3.09. The number of likely N-dealkylation sites (N-methyl/N-ethyl adjacent to an activating group) is 1. The molecule has 5 bridgehead atoms. The lowest BCUT2D eigenvalue weighted by Crippen LogP contribution is -2.72. The molecule has 1 aliphatic carbocycles. The number of nitrogens with zero attached hydrogens (tertiary/aromatic N) is 2. The molecule has 0 aromatic heterocycles. The second kappa shape index (κ2) is 5.86.